The largest absolute Gasteiger partial charge is 0.456 e. The van der Waals surface area contributed by atoms with E-state index in [-0.39, 0.29) is 12.0 Å². The van der Waals surface area contributed by atoms with Crippen LogP contribution >= 0.6 is 0 Å². The molecule has 0 saturated carbocycles. The molecule has 0 saturated heterocycles. The zero-order valence-corrected chi connectivity index (χ0v) is 28.3. The topological polar surface area (TPSA) is 42.5 Å². The van der Waals surface area contributed by atoms with Crippen LogP contribution in [-0.2, 0) is 0 Å². The van der Waals surface area contributed by atoms with E-state index >= 15 is 0 Å². The Balaban J connectivity index is 1.17. The van der Waals surface area contributed by atoms with E-state index < -0.39 is 0 Å². The second-order valence-corrected chi connectivity index (χ2v) is 13.9. The average Bonchev–Trinajstić information content (AvgIpc) is 3.75. The number of hydrogen-bond acceptors (Lipinski definition) is 3. The van der Waals surface area contributed by atoms with Crippen LogP contribution in [0, 0.1) is 5.92 Å². The molecule has 9 aromatic rings. The van der Waals surface area contributed by atoms with Gasteiger partial charge < -0.3 is 14.3 Å². The summed E-state index contributed by atoms with van der Waals surface area (Å²) in [5.74, 6) is 1.09. The Labute approximate surface area is 300 Å². The Bertz CT molecular complexity index is 3030. The number of furan rings is 1. The van der Waals surface area contributed by atoms with E-state index in [1.807, 2.05) is 0 Å². The number of rotatable bonds is 4. The summed E-state index contributed by atoms with van der Waals surface area (Å²) in [5.41, 5.74) is 8.49. The third-order valence-electron chi connectivity index (χ3n) is 10.9. The van der Waals surface area contributed by atoms with Crippen molar-refractivity contribution in [2.75, 3.05) is 0 Å². The zero-order valence-electron chi connectivity index (χ0n) is 28.3. The smallest absolute Gasteiger partial charge is 0.138 e. The van der Waals surface area contributed by atoms with Crippen molar-refractivity contribution < 1.29 is 4.42 Å². The number of amidine groups is 1. The Kier molecular flexibility index (Phi) is 6.41. The van der Waals surface area contributed by atoms with Gasteiger partial charge >= 0.3 is 0 Å². The molecule has 4 heteroatoms. The molecule has 0 spiro atoms. The van der Waals surface area contributed by atoms with Crippen molar-refractivity contribution in [2.45, 2.75) is 12.5 Å². The lowest BCUT2D eigenvalue weighted by Gasteiger charge is -2.27. The summed E-state index contributed by atoms with van der Waals surface area (Å²) in [6.07, 6.45) is 12.0. The third kappa shape index (κ3) is 4.44. The molecule has 2 atom stereocenters. The fourth-order valence-corrected chi connectivity index (χ4v) is 8.50. The van der Waals surface area contributed by atoms with Gasteiger partial charge in [-0.2, -0.15) is 0 Å². The molecule has 1 aliphatic carbocycles. The van der Waals surface area contributed by atoms with Gasteiger partial charge in [-0.05, 0) is 58.5 Å². The van der Waals surface area contributed by atoms with Crippen molar-refractivity contribution in [1.29, 1.82) is 0 Å². The maximum Gasteiger partial charge on any atom is 0.138 e. The molecule has 7 aromatic carbocycles. The maximum absolute atomic E-state index is 6.85. The molecule has 2 aliphatic rings. The standard InChI is InChI=1S/C48H33N3O/c1-3-14-30(15-4-1)39-28-40(31-16-5-2-6-17-31)50-48(49-39)37-23-13-25-44-47(37)46-36-22-10-9-20-34(36)43(29-45(46)52-44)51-41-24-12-11-21-35(41)38-26-32-18-7-8-19-33(32)27-42(38)51/h1-16,18-29,31,39H,17H2,(H,49,50). The molecule has 0 fully saturated rings. The maximum atomic E-state index is 6.85. The monoisotopic (exact) mass is 667 g/mol. The quantitative estimate of drug-likeness (QED) is 0.203. The first kappa shape index (κ1) is 29.1. The minimum Gasteiger partial charge on any atom is -0.456 e. The van der Waals surface area contributed by atoms with Crippen molar-refractivity contribution in [3.05, 3.63) is 187 Å². The van der Waals surface area contributed by atoms with Gasteiger partial charge in [0.15, 0.2) is 0 Å². The highest BCUT2D eigenvalue weighted by Crippen LogP contribution is 2.43. The molecular weight excluding hydrogens is 635 g/mol. The minimum atomic E-state index is -0.00819. The summed E-state index contributed by atoms with van der Waals surface area (Å²) in [7, 11) is 0. The van der Waals surface area contributed by atoms with Gasteiger partial charge in [0.2, 0.25) is 0 Å². The Hall–Kier alpha value is -6.65. The number of hydrogen-bond donors (Lipinski definition) is 1. The summed E-state index contributed by atoms with van der Waals surface area (Å²) in [6, 6.07) is 50.0. The van der Waals surface area contributed by atoms with Crippen LogP contribution in [0.4, 0.5) is 0 Å². The van der Waals surface area contributed by atoms with Gasteiger partial charge in [0.25, 0.3) is 0 Å². The van der Waals surface area contributed by atoms with Crippen molar-refractivity contribution in [3.63, 3.8) is 0 Å². The molecular formula is C48H33N3O. The summed E-state index contributed by atoms with van der Waals surface area (Å²) < 4.78 is 9.27. The van der Waals surface area contributed by atoms with Gasteiger partial charge in [0.05, 0.1) is 22.8 Å². The van der Waals surface area contributed by atoms with Gasteiger partial charge in [-0.25, -0.2) is 4.99 Å². The van der Waals surface area contributed by atoms with Crippen molar-refractivity contribution >= 4 is 71.1 Å². The number of benzene rings is 7. The number of nitrogens with one attached hydrogen (secondary N) is 1. The van der Waals surface area contributed by atoms with E-state index in [4.69, 9.17) is 9.41 Å². The Morgan fingerprint density at radius 2 is 1.38 bits per heavy atom. The van der Waals surface area contributed by atoms with E-state index in [9.17, 15) is 0 Å². The lowest BCUT2D eigenvalue weighted by atomic mass is 9.92. The predicted octanol–water partition coefficient (Wildman–Crippen LogP) is 12.1. The van der Waals surface area contributed by atoms with Crippen LogP contribution in [0.3, 0.4) is 0 Å². The minimum absolute atomic E-state index is 0.00819. The van der Waals surface area contributed by atoms with E-state index in [0.717, 1.165) is 56.5 Å². The fourth-order valence-electron chi connectivity index (χ4n) is 8.50. The molecule has 52 heavy (non-hydrogen) atoms. The first-order valence-corrected chi connectivity index (χ1v) is 18.0. The molecule has 0 bridgehead atoms. The summed E-state index contributed by atoms with van der Waals surface area (Å²) >= 11 is 0. The number of allylic oxidation sites excluding steroid dienone is 4. The van der Waals surface area contributed by atoms with E-state index in [0.29, 0.717) is 0 Å². The molecule has 246 valence electrons. The Morgan fingerprint density at radius 1 is 0.615 bits per heavy atom. The first-order valence-electron chi connectivity index (χ1n) is 18.0. The summed E-state index contributed by atoms with van der Waals surface area (Å²) in [6.45, 7) is 0. The first-order chi connectivity index (χ1) is 25.8. The summed E-state index contributed by atoms with van der Waals surface area (Å²) in [4.78, 5) is 5.36. The number of fused-ring (bicyclic) bond motifs is 9. The molecule has 2 unspecified atom stereocenters. The number of para-hydroxylation sites is 1. The predicted molar refractivity (Wildman–Crippen MR) is 216 cm³/mol. The van der Waals surface area contributed by atoms with Gasteiger partial charge in [-0.3, -0.25) is 0 Å². The van der Waals surface area contributed by atoms with E-state index in [1.165, 1.54) is 43.5 Å². The highest BCUT2D eigenvalue weighted by Gasteiger charge is 2.26. The molecule has 0 amide bonds. The van der Waals surface area contributed by atoms with Gasteiger partial charge in [0, 0.05) is 50.2 Å². The lowest BCUT2D eigenvalue weighted by Crippen LogP contribution is -2.32. The molecule has 1 aliphatic heterocycles. The van der Waals surface area contributed by atoms with Crippen LogP contribution in [0.15, 0.2) is 185 Å². The third-order valence-corrected chi connectivity index (χ3v) is 10.9. The molecule has 4 nitrogen and oxygen atoms in total. The normalized spacial score (nSPS) is 17.4. The average molecular weight is 668 g/mol. The van der Waals surface area contributed by atoms with Gasteiger partial charge in [0.1, 0.15) is 17.0 Å². The molecule has 1 N–H and O–H groups in total. The lowest BCUT2D eigenvalue weighted by molar-refractivity contribution is 0.668. The van der Waals surface area contributed by atoms with Crippen LogP contribution in [0.2, 0.25) is 0 Å². The summed E-state index contributed by atoms with van der Waals surface area (Å²) in [5, 5.41) is 13.3. The fraction of sp³-hybridized carbons (Fsp3) is 0.0625. The van der Waals surface area contributed by atoms with Crippen LogP contribution in [0.25, 0.3) is 71.0 Å². The highest BCUT2D eigenvalue weighted by molar-refractivity contribution is 6.27. The molecule has 3 heterocycles. The number of nitrogens with zero attached hydrogens (tertiary/aromatic N) is 2. The van der Waals surface area contributed by atoms with Gasteiger partial charge in [-0.15, -0.1) is 0 Å². The zero-order chi connectivity index (χ0) is 34.2. The van der Waals surface area contributed by atoms with Crippen LogP contribution < -0.4 is 5.32 Å². The van der Waals surface area contributed by atoms with Crippen molar-refractivity contribution in [3.8, 4) is 5.69 Å². The van der Waals surface area contributed by atoms with E-state index in [2.05, 4.69) is 180 Å². The number of aromatic nitrogens is 1. The molecule has 2 aromatic heterocycles. The number of aliphatic imine (C=N–C) groups is 1. The highest BCUT2D eigenvalue weighted by atomic mass is 16.3. The van der Waals surface area contributed by atoms with Crippen molar-refractivity contribution in [1.82, 2.24) is 9.88 Å². The van der Waals surface area contributed by atoms with Gasteiger partial charge in [-0.1, -0.05) is 133 Å². The molecule has 11 rings (SSSR count). The van der Waals surface area contributed by atoms with Crippen LogP contribution in [-0.4, -0.2) is 10.4 Å². The van der Waals surface area contributed by atoms with Crippen LogP contribution in [0.5, 0.6) is 0 Å². The van der Waals surface area contributed by atoms with Crippen molar-refractivity contribution in [2.24, 2.45) is 10.9 Å². The molecule has 0 radical (unpaired) electrons. The SMILES string of the molecule is C1=CCC(C2=CC(c3ccccc3)NC(c3cccc4oc5cc(-n6c7ccccc7c7cc8ccccc8cc76)c6ccccc6c5c34)=N2)C=C1. The second kappa shape index (κ2) is 11.4. The second-order valence-electron chi connectivity index (χ2n) is 13.9. The van der Waals surface area contributed by atoms with Crippen LogP contribution in [0.1, 0.15) is 23.6 Å². The van der Waals surface area contributed by atoms with E-state index in [1.54, 1.807) is 0 Å². The Morgan fingerprint density at radius 3 is 2.23 bits per heavy atom.